The van der Waals surface area contributed by atoms with E-state index in [0.29, 0.717) is 21.8 Å². The van der Waals surface area contributed by atoms with E-state index < -0.39 is 10.0 Å². The van der Waals surface area contributed by atoms with E-state index in [1.807, 2.05) is 13.8 Å². The van der Waals surface area contributed by atoms with E-state index in [0.717, 1.165) is 3.79 Å². The topological polar surface area (TPSA) is 37.4 Å². The van der Waals surface area contributed by atoms with Crippen LogP contribution in [0.3, 0.4) is 0 Å². The summed E-state index contributed by atoms with van der Waals surface area (Å²) < 4.78 is 27.1. The molecule has 0 aliphatic heterocycles. The molecule has 0 bridgehead atoms. The van der Waals surface area contributed by atoms with Crippen LogP contribution in [0.4, 0.5) is 0 Å². The molecule has 0 aromatic carbocycles. The fraction of sp³-hybridized carbons (Fsp3) is 0.500. The molecule has 86 valence electrons. The second-order valence-corrected chi connectivity index (χ2v) is 8.43. The first kappa shape index (κ1) is 13.6. The Labute approximate surface area is 111 Å². The second kappa shape index (κ2) is 5.27. The number of sulfonamides is 1. The predicted molar refractivity (Wildman–Crippen MR) is 69.8 cm³/mol. The minimum absolute atomic E-state index is 0.336. The van der Waals surface area contributed by atoms with Crippen LogP contribution in [0.2, 0.25) is 0 Å². The van der Waals surface area contributed by atoms with Crippen molar-refractivity contribution in [2.24, 2.45) is 0 Å². The van der Waals surface area contributed by atoms with Gasteiger partial charge in [0.25, 0.3) is 0 Å². The van der Waals surface area contributed by atoms with Gasteiger partial charge in [-0.3, -0.25) is 0 Å². The molecule has 0 radical (unpaired) electrons. The number of hydrogen-bond donors (Lipinski definition) is 0. The lowest BCUT2D eigenvalue weighted by Gasteiger charge is -2.17. The van der Waals surface area contributed by atoms with Crippen molar-refractivity contribution in [1.29, 1.82) is 0 Å². The van der Waals surface area contributed by atoms with Crippen molar-refractivity contribution in [3.05, 3.63) is 13.6 Å². The van der Waals surface area contributed by atoms with Crippen LogP contribution in [0.1, 0.15) is 13.8 Å². The van der Waals surface area contributed by atoms with E-state index >= 15 is 0 Å². The standard InChI is InChI=1S/C8H11Br2NO2S2/c1-3-11(4-2)15(12,13)6-5-7(9)14-8(6)10/h5H,3-4H2,1-2H3. The summed E-state index contributed by atoms with van der Waals surface area (Å²) in [5.41, 5.74) is 0. The maximum absolute atomic E-state index is 12.1. The Hall–Kier alpha value is 0.570. The summed E-state index contributed by atoms with van der Waals surface area (Å²) in [6, 6.07) is 1.63. The van der Waals surface area contributed by atoms with Crippen LogP contribution < -0.4 is 0 Å². The number of halogens is 2. The normalized spacial score (nSPS) is 12.3. The van der Waals surface area contributed by atoms with E-state index in [1.54, 1.807) is 6.07 Å². The first-order chi connectivity index (χ1) is 6.93. The van der Waals surface area contributed by atoms with Crippen molar-refractivity contribution < 1.29 is 8.42 Å². The van der Waals surface area contributed by atoms with Gasteiger partial charge in [0, 0.05) is 13.1 Å². The van der Waals surface area contributed by atoms with Crippen molar-refractivity contribution in [3.63, 3.8) is 0 Å². The molecule has 1 heterocycles. The van der Waals surface area contributed by atoms with Crippen LogP contribution in [0.5, 0.6) is 0 Å². The lowest BCUT2D eigenvalue weighted by molar-refractivity contribution is 0.445. The average Bonchev–Trinajstić information content (AvgIpc) is 2.47. The highest BCUT2D eigenvalue weighted by Crippen LogP contribution is 2.36. The van der Waals surface area contributed by atoms with Crippen LogP contribution >= 0.6 is 43.2 Å². The zero-order chi connectivity index (χ0) is 11.6. The van der Waals surface area contributed by atoms with Gasteiger partial charge in [-0.05, 0) is 37.9 Å². The van der Waals surface area contributed by atoms with Crippen LogP contribution in [-0.2, 0) is 10.0 Å². The van der Waals surface area contributed by atoms with Gasteiger partial charge in [-0.25, -0.2) is 8.42 Å². The molecular formula is C8H11Br2NO2S2. The molecule has 1 aromatic heterocycles. The van der Waals surface area contributed by atoms with Crippen molar-refractivity contribution in [3.8, 4) is 0 Å². The maximum Gasteiger partial charge on any atom is 0.245 e. The minimum Gasteiger partial charge on any atom is -0.207 e. The van der Waals surface area contributed by atoms with Gasteiger partial charge in [0.15, 0.2) is 0 Å². The Balaban J connectivity index is 3.22. The highest BCUT2D eigenvalue weighted by atomic mass is 79.9. The SMILES string of the molecule is CCN(CC)S(=O)(=O)c1cc(Br)sc1Br. The first-order valence-corrected chi connectivity index (χ1v) is 8.22. The fourth-order valence-electron chi connectivity index (χ4n) is 1.20. The van der Waals surface area contributed by atoms with E-state index in [2.05, 4.69) is 31.9 Å². The molecule has 0 aliphatic rings. The van der Waals surface area contributed by atoms with Gasteiger partial charge in [-0.2, -0.15) is 4.31 Å². The van der Waals surface area contributed by atoms with Gasteiger partial charge in [0.1, 0.15) is 4.90 Å². The zero-order valence-electron chi connectivity index (χ0n) is 8.33. The van der Waals surface area contributed by atoms with Crippen LogP contribution in [0, 0.1) is 0 Å². The maximum atomic E-state index is 12.1. The Morgan fingerprint density at radius 3 is 2.20 bits per heavy atom. The third-order valence-electron chi connectivity index (χ3n) is 1.95. The summed E-state index contributed by atoms with van der Waals surface area (Å²) in [6.07, 6.45) is 0. The smallest absolute Gasteiger partial charge is 0.207 e. The van der Waals surface area contributed by atoms with Crippen molar-refractivity contribution in [2.75, 3.05) is 13.1 Å². The molecule has 1 aromatic rings. The molecule has 0 atom stereocenters. The Kier molecular flexibility index (Phi) is 4.79. The van der Waals surface area contributed by atoms with Gasteiger partial charge in [-0.15, -0.1) is 11.3 Å². The fourth-order valence-corrected chi connectivity index (χ4v) is 6.42. The molecule has 1 rings (SSSR count). The highest BCUT2D eigenvalue weighted by Gasteiger charge is 2.25. The van der Waals surface area contributed by atoms with Crippen LogP contribution in [0.25, 0.3) is 0 Å². The quantitative estimate of drug-likeness (QED) is 0.808. The molecule has 0 saturated heterocycles. The molecule has 3 nitrogen and oxygen atoms in total. The third kappa shape index (κ3) is 2.82. The molecule has 0 spiro atoms. The summed E-state index contributed by atoms with van der Waals surface area (Å²) in [6.45, 7) is 4.63. The molecule has 0 amide bonds. The molecule has 0 saturated carbocycles. The van der Waals surface area contributed by atoms with Crippen molar-refractivity contribution in [1.82, 2.24) is 4.31 Å². The number of hydrogen-bond acceptors (Lipinski definition) is 3. The Bertz CT molecular complexity index is 437. The Morgan fingerprint density at radius 2 is 1.87 bits per heavy atom. The third-order valence-corrected chi connectivity index (χ3v) is 6.75. The molecule has 0 aliphatic carbocycles. The van der Waals surface area contributed by atoms with Crippen LogP contribution in [-0.4, -0.2) is 25.8 Å². The molecule has 0 N–H and O–H groups in total. The van der Waals surface area contributed by atoms with E-state index in [9.17, 15) is 8.42 Å². The molecule has 15 heavy (non-hydrogen) atoms. The summed E-state index contributed by atoms with van der Waals surface area (Å²) in [7, 11) is -3.34. The highest BCUT2D eigenvalue weighted by molar-refractivity contribution is 9.12. The number of thiophene rings is 1. The van der Waals surface area contributed by atoms with Crippen molar-refractivity contribution >= 4 is 53.2 Å². The lowest BCUT2D eigenvalue weighted by Crippen LogP contribution is -2.30. The van der Waals surface area contributed by atoms with Gasteiger partial charge < -0.3 is 0 Å². The van der Waals surface area contributed by atoms with Crippen LogP contribution in [0.15, 0.2) is 18.5 Å². The predicted octanol–water partition coefficient (Wildman–Crippen LogP) is 3.30. The summed E-state index contributed by atoms with van der Waals surface area (Å²) in [5, 5.41) is 0. The van der Waals surface area contributed by atoms with Crippen molar-refractivity contribution in [2.45, 2.75) is 18.7 Å². The molecule has 0 fully saturated rings. The van der Waals surface area contributed by atoms with E-state index in [-0.39, 0.29) is 0 Å². The van der Waals surface area contributed by atoms with Gasteiger partial charge in [0.2, 0.25) is 10.0 Å². The zero-order valence-corrected chi connectivity index (χ0v) is 13.1. The van der Waals surface area contributed by atoms with Gasteiger partial charge >= 0.3 is 0 Å². The summed E-state index contributed by atoms with van der Waals surface area (Å²) >= 11 is 7.90. The lowest BCUT2D eigenvalue weighted by atomic mass is 10.7. The number of rotatable bonds is 4. The average molecular weight is 377 g/mol. The minimum atomic E-state index is -3.34. The van der Waals surface area contributed by atoms with Gasteiger partial charge in [-0.1, -0.05) is 13.8 Å². The Morgan fingerprint density at radius 1 is 1.33 bits per heavy atom. The molecule has 0 unspecified atom stereocenters. The van der Waals surface area contributed by atoms with E-state index in [1.165, 1.54) is 15.6 Å². The summed E-state index contributed by atoms with van der Waals surface area (Å²) in [4.78, 5) is 0.336. The monoisotopic (exact) mass is 375 g/mol. The van der Waals surface area contributed by atoms with E-state index in [4.69, 9.17) is 0 Å². The summed E-state index contributed by atoms with van der Waals surface area (Å²) in [5.74, 6) is 0. The van der Waals surface area contributed by atoms with Gasteiger partial charge in [0.05, 0.1) is 7.57 Å². The first-order valence-electron chi connectivity index (χ1n) is 4.38. The second-order valence-electron chi connectivity index (χ2n) is 2.78. The number of nitrogens with zero attached hydrogens (tertiary/aromatic N) is 1. The molecule has 7 heteroatoms. The largest absolute Gasteiger partial charge is 0.245 e. The molecular weight excluding hydrogens is 366 g/mol.